The molecule has 1 aromatic heterocycles. The van der Waals surface area contributed by atoms with Crippen molar-refractivity contribution in [1.82, 2.24) is 4.98 Å². The van der Waals surface area contributed by atoms with Gasteiger partial charge in [-0.2, -0.15) is 0 Å². The van der Waals surface area contributed by atoms with Gasteiger partial charge in [-0.25, -0.2) is 0 Å². The van der Waals surface area contributed by atoms with Gasteiger partial charge in [-0.15, -0.1) is 0 Å². The number of hydrogen-bond donors (Lipinski definition) is 1. The van der Waals surface area contributed by atoms with Crippen molar-refractivity contribution < 1.29 is 23.7 Å². The molecule has 2 unspecified atom stereocenters. The van der Waals surface area contributed by atoms with Crippen LogP contribution < -0.4 is 5.44 Å². The smallest absolute Gasteiger partial charge is 0.309 e. The molecular weight excluding hydrogens is 269 g/mol. The van der Waals surface area contributed by atoms with Gasteiger partial charge in [0.15, 0.2) is 0 Å². The number of esters is 1. The molecular formula is C12H18NO5P. The van der Waals surface area contributed by atoms with Gasteiger partial charge in [-0.3, -0.25) is 14.3 Å². The second-order valence-electron chi connectivity index (χ2n) is 3.69. The monoisotopic (exact) mass is 287 g/mol. The number of rotatable bonds is 7. The molecule has 0 aliphatic heterocycles. The van der Waals surface area contributed by atoms with Crippen LogP contribution >= 0.6 is 7.37 Å². The number of aromatic nitrogens is 1. The molecule has 0 bridgehead atoms. The average Bonchev–Trinajstić information content (AvgIpc) is 2.40. The lowest BCUT2D eigenvalue weighted by Gasteiger charge is -2.21. The quantitative estimate of drug-likeness (QED) is 0.601. The highest BCUT2D eigenvalue weighted by Crippen LogP contribution is 2.50. The number of aliphatic hydroxyl groups excluding tert-OH is 1. The lowest BCUT2D eigenvalue weighted by atomic mass is 10.5. The molecule has 2 atom stereocenters. The number of hydrogen-bond acceptors (Lipinski definition) is 6. The SMILES string of the molecule is CCOC(=O)CC(O)P(=O)(OCC)c1ccccn1. The zero-order chi connectivity index (χ0) is 14.3. The summed E-state index contributed by atoms with van der Waals surface area (Å²) in [6.45, 7) is 3.67. The Morgan fingerprint density at radius 2 is 2.16 bits per heavy atom. The van der Waals surface area contributed by atoms with Crippen LogP contribution in [-0.2, 0) is 18.6 Å². The minimum Gasteiger partial charge on any atom is -0.466 e. The van der Waals surface area contributed by atoms with E-state index in [-0.39, 0.29) is 25.1 Å². The van der Waals surface area contributed by atoms with Crippen LogP contribution in [0.4, 0.5) is 0 Å². The molecule has 1 aromatic rings. The van der Waals surface area contributed by atoms with Gasteiger partial charge >= 0.3 is 5.97 Å². The van der Waals surface area contributed by atoms with Gasteiger partial charge in [-0.05, 0) is 26.0 Å². The molecule has 0 aliphatic carbocycles. The summed E-state index contributed by atoms with van der Waals surface area (Å²) in [6, 6.07) is 4.81. The number of carbonyl (C=O) groups excluding carboxylic acids is 1. The van der Waals surface area contributed by atoms with Gasteiger partial charge in [0.25, 0.3) is 7.37 Å². The molecule has 0 aliphatic rings. The van der Waals surface area contributed by atoms with Crippen molar-refractivity contribution in [1.29, 1.82) is 0 Å². The average molecular weight is 287 g/mol. The lowest BCUT2D eigenvalue weighted by Crippen LogP contribution is -2.24. The van der Waals surface area contributed by atoms with Crippen molar-refractivity contribution in [3.05, 3.63) is 24.4 Å². The fraction of sp³-hybridized carbons (Fsp3) is 0.500. The molecule has 0 amide bonds. The van der Waals surface area contributed by atoms with E-state index in [1.54, 1.807) is 26.0 Å². The van der Waals surface area contributed by atoms with E-state index in [9.17, 15) is 14.5 Å². The highest BCUT2D eigenvalue weighted by molar-refractivity contribution is 7.67. The van der Waals surface area contributed by atoms with Gasteiger partial charge in [0.2, 0.25) is 0 Å². The van der Waals surface area contributed by atoms with Crippen LogP contribution in [0.25, 0.3) is 0 Å². The van der Waals surface area contributed by atoms with E-state index in [1.807, 2.05) is 0 Å². The number of carbonyl (C=O) groups is 1. The minimum atomic E-state index is -3.60. The zero-order valence-corrected chi connectivity index (χ0v) is 11.9. The van der Waals surface area contributed by atoms with Crippen molar-refractivity contribution in [3.8, 4) is 0 Å². The van der Waals surface area contributed by atoms with E-state index in [0.29, 0.717) is 0 Å². The number of nitrogens with zero attached hydrogens (tertiary/aromatic N) is 1. The standard InChI is InChI=1S/C12H18NO5P/c1-3-17-11(14)9-12(15)19(16,18-4-2)10-7-5-6-8-13-10/h5-8,12,15H,3-4,9H2,1-2H3. The summed E-state index contributed by atoms with van der Waals surface area (Å²) in [6.07, 6.45) is 1.07. The van der Waals surface area contributed by atoms with Crippen LogP contribution in [0.3, 0.4) is 0 Å². The maximum atomic E-state index is 12.7. The van der Waals surface area contributed by atoms with Crippen LogP contribution in [0.15, 0.2) is 24.4 Å². The fourth-order valence-corrected chi connectivity index (χ4v) is 3.43. The van der Waals surface area contributed by atoms with Crippen LogP contribution in [0.2, 0.25) is 0 Å². The summed E-state index contributed by atoms with van der Waals surface area (Å²) in [5.74, 6) is -2.08. The van der Waals surface area contributed by atoms with Gasteiger partial charge in [0, 0.05) is 6.20 Å². The molecule has 0 saturated carbocycles. The minimum absolute atomic E-state index is 0.147. The molecule has 0 radical (unpaired) electrons. The van der Waals surface area contributed by atoms with E-state index in [4.69, 9.17) is 9.26 Å². The summed E-state index contributed by atoms with van der Waals surface area (Å²) in [5, 5.41) is 10.0. The largest absolute Gasteiger partial charge is 0.466 e. The predicted molar refractivity (Wildman–Crippen MR) is 70.4 cm³/mol. The first kappa shape index (κ1) is 15.8. The van der Waals surface area contributed by atoms with Crippen molar-refractivity contribution in [2.45, 2.75) is 26.1 Å². The molecule has 19 heavy (non-hydrogen) atoms. The second-order valence-corrected chi connectivity index (χ2v) is 6.20. The highest BCUT2D eigenvalue weighted by Gasteiger charge is 2.37. The van der Waals surface area contributed by atoms with Crippen LogP contribution in [0.1, 0.15) is 20.3 Å². The molecule has 7 heteroatoms. The van der Waals surface area contributed by atoms with Crippen molar-refractivity contribution in [3.63, 3.8) is 0 Å². The maximum absolute atomic E-state index is 12.7. The van der Waals surface area contributed by atoms with E-state index in [0.717, 1.165) is 0 Å². The summed E-state index contributed by atoms with van der Waals surface area (Å²) >= 11 is 0. The molecule has 0 saturated heterocycles. The second kappa shape index (κ2) is 7.38. The first-order valence-corrected chi connectivity index (χ1v) is 7.73. The molecule has 1 rings (SSSR count). The third-order valence-electron chi connectivity index (χ3n) is 2.34. The summed E-state index contributed by atoms with van der Waals surface area (Å²) in [5.41, 5.74) is 0.147. The first-order chi connectivity index (χ1) is 9.04. The Hall–Kier alpha value is -1.23. The Bertz CT molecular complexity index is 451. The van der Waals surface area contributed by atoms with E-state index in [1.165, 1.54) is 12.3 Å². The molecule has 1 heterocycles. The van der Waals surface area contributed by atoms with Crippen LogP contribution in [0.5, 0.6) is 0 Å². The van der Waals surface area contributed by atoms with E-state index >= 15 is 0 Å². The van der Waals surface area contributed by atoms with Gasteiger partial charge in [-0.1, -0.05) is 6.07 Å². The fourth-order valence-electron chi connectivity index (χ4n) is 1.52. The van der Waals surface area contributed by atoms with Crippen molar-refractivity contribution in [2.24, 2.45) is 0 Å². The van der Waals surface area contributed by atoms with Crippen molar-refractivity contribution in [2.75, 3.05) is 13.2 Å². The molecule has 0 aromatic carbocycles. The Kier molecular flexibility index (Phi) is 6.15. The Morgan fingerprint density at radius 1 is 1.42 bits per heavy atom. The number of aliphatic hydroxyl groups is 1. The van der Waals surface area contributed by atoms with E-state index < -0.39 is 19.2 Å². The predicted octanol–water partition coefficient (Wildman–Crippen LogP) is 1.29. The summed E-state index contributed by atoms with van der Waals surface area (Å²) in [7, 11) is -3.60. The topological polar surface area (TPSA) is 85.7 Å². The Balaban J connectivity index is 2.93. The molecule has 0 fully saturated rings. The van der Waals surface area contributed by atoms with Crippen molar-refractivity contribution >= 4 is 18.8 Å². The number of ether oxygens (including phenoxy) is 1. The third-order valence-corrected chi connectivity index (χ3v) is 4.85. The van der Waals surface area contributed by atoms with Gasteiger partial charge < -0.3 is 14.4 Å². The molecule has 6 nitrogen and oxygen atoms in total. The molecule has 106 valence electrons. The normalized spacial score (nSPS) is 15.5. The number of pyridine rings is 1. The maximum Gasteiger partial charge on any atom is 0.309 e. The summed E-state index contributed by atoms with van der Waals surface area (Å²) in [4.78, 5) is 15.3. The summed E-state index contributed by atoms with van der Waals surface area (Å²) < 4.78 is 22.6. The lowest BCUT2D eigenvalue weighted by molar-refractivity contribution is -0.144. The Labute approximate surface area is 112 Å². The zero-order valence-electron chi connectivity index (χ0n) is 11.0. The van der Waals surface area contributed by atoms with E-state index in [2.05, 4.69) is 4.98 Å². The van der Waals surface area contributed by atoms with Crippen LogP contribution in [-0.4, -0.2) is 35.1 Å². The molecule has 1 N–H and O–H groups in total. The molecule has 0 spiro atoms. The van der Waals surface area contributed by atoms with Gasteiger partial charge in [0.1, 0.15) is 11.3 Å². The van der Waals surface area contributed by atoms with Crippen LogP contribution in [0, 0.1) is 0 Å². The first-order valence-electron chi connectivity index (χ1n) is 6.04. The van der Waals surface area contributed by atoms with Gasteiger partial charge in [0.05, 0.1) is 19.6 Å². The Morgan fingerprint density at radius 3 is 2.68 bits per heavy atom. The third kappa shape index (κ3) is 4.13. The highest BCUT2D eigenvalue weighted by atomic mass is 31.2.